The van der Waals surface area contributed by atoms with E-state index in [4.69, 9.17) is 4.74 Å². The van der Waals surface area contributed by atoms with Crippen molar-refractivity contribution in [2.24, 2.45) is 23.2 Å². The minimum atomic E-state index is -0.943. The Morgan fingerprint density at radius 3 is 2.45 bits per heavy atom. The number of nitrogens with zero attached hydrogens (tertiary/aromatic N) is 1. The molecule has 0 unspecified atom stereocenters. The topological polar surface area (TPSA) is 99.1 Å². The number of fused-ring (bicyclic) bond motifs is 3. The molecule has 7 rings (SSSR count). The molecule has 38 heavy (non-hydrogen) atoms. The van der Waals surface area contributed by atoms with Crippen molar-refractivity contribution in [1.29, 1.82) is 0 Å². The quantitative estimate of drug-likeness (QED) is 0.461. The Morgan fingerprint density at radius 2 is 1.79 bits per heavy atom. The maximum Gasteiger partial charge on any atom is 0.247 e. The van der Waals surface area contributed by atoms with Crippen LogP contribution >= 0.6 is 0 Å². The summed E-state index contributed by atoms with van der Waals surface area (Å²) in [6.45, 7) is 2.73. The third-order valence-corrected chi connectivity index (χ3v) is 9.97. The van der Waals surface area contributed by atoms with Crippen molar-refractivity contribution in [3.8, 4) is 5.75 Å². The van der Waals surface area contributed by atoms with Gasteiger partial charge in [-0.25, -0.2) is 0 Å². The summed E-state index contributed by atoms with van der Waals surface area (Å²) in [6.07, 6.45) is 9.94. The third kappa shape index (κ3) is 4.56. The summed E-state index contributed by atoms with van der Waals surface area (Å²) >= 11 is 0. The Labute approximate surface area is 225 Å². The average molecular weight is 523 g/mol. The summed E-state index contributed by atoms with van der Waals surface area (Å²) in [5.74, 6) is 2.33. The lowest BCUT2D eigenvalue weighted by Crippen LogP contribution is -2.59. The van der Waals surface area contributed by atoms with Gasteiger partial charge in [0, 0.05) is 30.6 Å². The number of aliphatic hydroxyl groups excluding tert-OH is 2. The zero-order valence-corrected chi connectivity index (χ0v) is 22.5. The summed E-state index contributed by atoms with van der Waals surface area (Å²) < 4.78 is 6.28. The summed E-state index contributed by atoms with van der Waals surface area (Å²) in [4.78, 5) is 29.2. The molecular formula is C31H42N2O5. The van der Waals surface area contributed by atoms with E-state index >= 15 is 0 Å². The first-order chi connectivity index (χ1) is 18.4. The predicted octanol–water partition coefficient (Wildman–Crippen LogP) is 3.54. The molecule has 6 aliphatic rings. The van der Waals surface area contributed by atoms with Crippen molar-refractivity contribution >= 4 is 11.8 Å². The number of para-hydroxylation sites is 1. The average Bonchev–Trinajstić information content (AvgIpc) is 3.29. The molecular weight excluding hydrogens is 480 g/mol. The first kappa shape index (κ1) is 25.9. The fourth-order valence-corrected chi connectivity index (χ4v) is 8.87. The molecule has 4 bridgehead atoms. The van der Waals surface area contributed by atoms with Gasteiger partial charge in [0.15, 0.2) is 0 Å². The molecule has 0 aromatic heterocycles. The number of ether oxygens (including phenoxy) is 1. The van der Waals surface area contributed by atoms with Crippen LogP contribution in [0.25, 0.3) is 0 Å². The molecule has 1 aromatic carbocycles. The Morgan fingerprint density at radius 1 is 1.11 bits per heavy atom. The lowest BCUT2D eigenvalue weighted by Gasteiger charge is -2.58. The number of benzene rings is 1. The van der Waals surface area contributed by atoms with Crippen LogP contribution in [0, 0.1) is 23.2 Å². The Kier molecular flexibility index (Phi) is 7.02. The number of rotatable bonds is 9. The van der Waals surface area contributed by atoms with Gasteiger partial charge in [0.05, 0.1) is 18.6 Å². The highest BCUT2D eigenvalue weighted by molar-refractivity contribution is 5.96. The Hall–Kier alpha value is -2.38. The monoisotopic (exact) mass is 522 g/mol. The molecule has 4 saturated carbocycles. The summed E-state index contributed by atoms with van der Waals surface area (Å²) in [5.41, 5.74) is 1.51. The molecule has 4 atom stereocenters. The Bertz CT molecular complexity index is 1060. The lowest BCUT2D eigenvalue weighted by atomic mass is 9.49. The predicted molar refractivity (Wildman–Crippen MR) is 143 cm³/mol. The van der Waals surface area contributed by atoms with Crippen LogP contribution in [0.2, 0.25) is 0 Å². The maximum atomic E-state index is 13.8. The highest BCUT2D eigenvalue weighted by Gasteiger charge is 2.54. The van der Waals surface area contributed by atoms with Gasteiger partial charge in [-0.05, 0) is 80.3 Å². The molecule has 5 aliphatic carbocycles. The summed E-state index contributed by atoms with van der Waals surface area (Å²) in [7, 11) is 0. The van der Waals surface area contributed by atoms with Crippen LogP contribution < -0.4 is 10.1 Å². The van der Waals surface area contributed by atoms with Gasteiger partial charge in [0.1, 0.15) is 18.0 Å². The smallest absolute Gasteiger partial charge is 0.247 e. The number of amides is 2. The van der Waals surface area contributed by atoms with Gasteiger partial charge in [0.25, 0.3) is 0 Å². The lowest BCUT2D eigenvalue weighted by molar-refractivity contribution is -0.145. The second-order valence-corrected chi connectivity index (χ2v) is 12.7. The largest absolute Gasteiger partial charge is 0.486 e. The number of nitrogens with one attached hydrogen (secondary N) is 1. The molecule has 1 aromatic rings. The van der Waals surface area contributed by atoms with Gasteiger partial charge in [-0.2, -0.15) is 0 Å². The highest BCUT2D eigenvalue weighted by Crippen LogP contribution is 2.60. The first-order valence-electron chi connectivity index (χ1n) is 14.7. The number of carbonyl (C=O) groups is 2. The fraction of sp³-hybridized carbons (Fsp3) is 0.677. The fourth-order valence-electron chi connectivity index (χ4n) is 8.87. The highest BCUT2D eigenvalue weighted by atomic mass is 16.5. The molecule has 0 radical (unpaired) electrons. The van der Waals surface area contributed by atoms with Crippen LogP contribution in [-0.2, 0) is 9.59 Å². The number of aliphatic hydroxyl groups is 2. The van der Waals surface area contributed by atoms with E-state index in [-0.39, 0.29) is 30.4 Å². The Balaban J connectivity index is 1.36. The van der Waals surface area contributed by atoms with Crippen LogP contribution in [0.1, 0.15) is 76.2 Å². The van der Waals surface area contributed by atoms with Crippen molar-refractivity contribution in [2.75, 3.05) is 19.7 Å². The van der Waals surface area contributed by atoms with Gasteiger partial charge in [0.2, 0.25) is 11.8 Å². The van der Waals surface area contributed by atoms with Crippen molar-refractivity contribution < 1.29 is 24.5 Å². The second kappa shape index (κ2) is 10.3. The standard InChI is InChI=1S/C31H42N2O5/c1-2-3-8-26(35)33(18-31-15-19-11-20(16-31)13-21(12-19)17-31)24-14-23(30(37)32-9-10-34)27-22-6-4-5-7-25(22)38-29(27)28(24)36/h4-7,14,19-21,24,27-29,34,36H,2-3,8-13,15-18H2,1H3,(H,32,37)/t19?,20?,21?,24-,27+,28+,29+,31?/m1/s1. The number of unbranched alkanes of at least 4 members (excludes halogenated alkanes) is 1. The first-order valence-corrected chi connectivity index (χ1v) is 14.7. The molecule has 0 saturated heterocycles. The number of carbonyl (C=O) groups excluding carboxylic acids is 2. The minimum absolute atomic E-state index is 0.0620. The molecule has 2 amide bonds. The summed E-state index contributed by atoms with van der Waals surface area (Å²) in [5, 5.41) is 24.0. The van der Waals surface area contributed by atoms with Gasteiger partial charge in [-0.3, -0.25) is 9.59 Å². The van der Waals surface area contributed by atoms with E-state index in [0.717, 1.165) is 36.2 Å². The van der Waals surface area contributed by atoms with Gasteiger partial charge in [-0.15, -0.1) is 0 Å². The van der Waals surface area contributed by atoms with Gasteiger partial charge < -0.3 is 25.2 Å². The molecule has 3 N–H and O–H groups in total. The van der Waals surface area contributed by atoms with Crippen LogP contribution in [0.4, 0.5) is 0 Å². The van der Waals surface area contributed by atoms with Crippen molar-refractivity contribution in [2.45, 2.75) is 88.9 Å². The third-order valence-electron chi connectivity index (χ3n) is 9.97. The number of hydrogen-bond donors (Lipinski definition) is 3. The van der Waals surface area contributed by atoms with Gasteiger partial charge in [-0.1, -0.05) is 31.5 Å². The SMILES string of the molecule is CCCCC(=O)N(CC12CC3CC(CC(C3)C1)C2)[C@@H]1C=C(C(=O)NCCO)[C@@H]2c3ccccc3O[C@@H]2[C@H]1O. The van der Waals surface area contributed by atoms with E-state index in [1.807, 2.05) is 35.2 Å². The van der Waals surface area contributed by atoms with E-state index < -0.39 is 24.2 Å². The van der Waals surface area contributed by atoms with E-state index in [9.17, 15) is 19.8 Å². The number of hydrogen-bond acceptors (Lipinski definition) is 5. The molecule has 7 heteroatoms. The molecule has 0 spiro atoms. The van der Waals surface area contributed by atoms with Gasteiger partial charge >= 0.3 is 0 Å². The van der Waals surface area contributed by atoms with Crippen LogP contribution in [0.5, 0.6) is 5.75 Å². The molecule has 4 fully saturated rings. The normalized spacial score (nSPS) is 36.2. The zero-order chi connectivity index (χ0) is 26.4. The van der Waals surface area contributed by atoms with E-state index in [0.29, 0.717) is 24.3 Å². The molecule has 206 valence electrons. The van der Waals surface area contributed by atoms with Crippen molar-refractivity contribution in [1.82, 2.24) is 10.2 Å². The van der Waals surface area contributed by atoms with E-state index in [1.54, 1.807) is 0 Å². The zero-order valence-electron chi connectivity index (χ0n) is 22.5. The van der Waals surface area contributed by atoms with Crippen LogP contribution in [0.3, 0.4) is 0 Å². The minimum Gasteiger partial charge on any atom is -0.486 e. The summed E-state index contributed by atoms with van der Waals surface area (Å²) in [6, 6.07) is 7.00. The molecule has 1 heterocycles. The van der Waals surface area contributed by atoms with Crippen LogP contribution in [0.15, 0.2) is 35.9 Å². The van der Waals surface area contributed by atoms with Crippen molar-refractivity contribution in [3.05, 3.63) is 41.5 Å². The molecule has 1 aliphatic heterocycles. The van der Waals surface area contributed by atoms with E-state index in [1.165, 1.54) is 38.5 Å². The van der Waals surface area contributed by atoms with Crippen LogP contribution in [-0.4, -0.2) is 64.9 Å². The second-order valence-electron chi connectivity index (χ2n) is 12.7. The maximum absolute atomic E-state index is 13.8. The van der Waals surface area contributed by atoms with E-state index in [2.05, 4.69) is 12.2 Å². The molecule has 7 nitrogen and oxygen atoms in total. The van der Waals surface area contributed by atoms with Crippen molar-refractivity contribution in [3.63, 3.8) is 0 Å².